The number of hydrogen-bond donors (Lipinski definition) is 6. The summed E-state index contributed by atoms with van der Waals surface area (Å²) in [6, 6.07) is 36.4. The maximum atomic E-state index is 12.3. The zero-order valence-corrected chi connectivity index (χ0v) is 79.0. The molecule has 700 valence electrons. The summed E-state index contributed by atoms with van der Waals surface area (Å²) >= 11 is 0. The van der Waals surface area contributed by atoms with Gasteiger partial charge in [-0.2, -0.15) is 0 Å². The third-order valence-electron chi connectivity index (χ3n) is 25.2. The van der Waals surface area contributed by atoms with Gasteiger partial charge in [0.15, 0.2) is 0 Å². The molecule has 6 aliphatic rings. The van der Waals surface area contributed by atoms with E-state index in [0.717, 1.165) is 122 Å². The van der Waals surface area contributed by atoms with Crippen molar-refractivity contribution in [2.45, 2.75) is 329 Å². The Morgan fingerprint density at radius 2 is 0.764 bits per heavy atom. The molecule has 0 unspecified atom stereocenters. The van der Waals surface area contributed by atoms with Gasteiger partial charge in [0, 0.05) is 67.6 Å². The second kappa shape index (κ2) is 57.3. The largest absolute Gasteiger partial charge is 0.462 e. The number of nitrogen functional groups attached to an aromatic ring is 2. The second-order valence-corrected chi connectivity index (χ2v) is 36.5. The molecule has 6 fully saturated rings. The predicted octanol–water partition coefficient (Wildman–Crippen LogP) is 25.1. The van der Waals surface area contributed by atoms with Crippen molar-refractivity contribution in [3.63, 3.8) is 0 Å². The first-order chi connectivity index (χ1) is 61.2. The number of anilines is 6. The Kier molecular flexibility index (Phi) is 47.1. The lowest BCUT2D eigenvalue weighted by Crippen LogP contribution is -2.33. The quantitative estimate of drug-likeness (QED) is 0.0102. The second-order valence-electron chi connectivity index (χ2n) is 36.5. The number of nitro benzene ring substituents is 1. The molecule has 22 heteroatoms. The van der Waals surface area contributed by atoms with Crippen molar-refractivity contribution < 1.29 is 62.1 Å². The fraction of sp³-hybridized carbons (Fsp3) is 0.600. The summed E-state index contributed by atoms with van der Waals surface area (Å²) in [5, 5.41) is 20.8. The monoisotopic (exact) mass is 1750 g/mol. The van der Waals surface area contributed by atoms with Crippen molar-refractivity contribution in [3.05, 3.63) is 181 Å². The van der Waals surface area contributed by atoms with Crippen LogP contribution in [-0.4, -0.2) is 113 Å². The van der Waals surface area contributed by atoms with Gasteiger partial charge < -0.3 is 61.2 Å². The summed E-state index contributed by atoms with van der Waals surface area (Å²) in [5.41, 5.74) is 30.9. The van der Waals surface area contributed by atoms with Crippen LogP contribution in [0, 0.1) is 33.8 Å². The van der Waals surface area contributed by atoms with Crippen LogP contribution in [-0.2, 0) is 54.1 Å². The van der Waals surface area contributed by atoms with Crippen LogP contribution >= 0.6 is 0 Å². The zero-order chi connectivity index (χ0) is 91.9. The smallest absolute Gasteiger partial charge is 0.412 e. The zero-order valence-electron chi connectivity index (χ0n) is 79.0. The van der Waals surface area contributed by atoms with Crippen molar-refractivity contribution in [2.75, 3.05) is 86.5 Å². The van der Waals surface area contributed by atoms with Crippen molar-refractivity contribution in [3.8, 4) is 0 Å². The molecule has 0 aromatic heterocycles. The Hall–Kier alpha value is -9.70. The number of rotatable bonds is 25. The van der Waals surface area contributed by atoms with E-state index in [4.69, 9.17) is 45.6 Å². The van der Waals surface area contributed by atoms with Crippen LogP contribution in [0.1, 0.15) is 366 Å². The van der Waals surface area contributed by atoms with E-state index in [9.17, 15) is 38.9 Å². The number of nitrogens with two attached hydrogens (primary N) is 3. The number of amides is 1. The van der Waals surface area contributed by atoms with Crippen LogP contribution in [0.25, 0.3) is 0 Å². The first kappa shape index (κ1) is 104. The molecule has 0 spiro atoms. The number of carbonyl (C=O) groups excluding carboxylic acids is 6. The van der Waals surface area contributed by atoms with E-state index in [0.29, 0.717) is 78.1 Å². The molecule has 0 atom stereocenters. The fourth-order valence-corrected chi connectivity index (χ4v) is 18.4. The number of nitrogens with zero attached hydrogens (tertiary/aromatic N) is 2. The molecule has 22 nitrogen and oxygen atoms in total. The predicted molar refractivity (Wildman–Crippen MR) is 516 cm³/mol. The highest BCUT2D eigenvalue weighted by Crippen LogP contribution is 2.40. The van der Waals surface area contributed by atoms with E-state index in [-0.39, 0.29) is 47.7 Å². The van der Waals surface area contributed by atoms with E-state index < -0.39 is 22.6 Å². The standard InChI is InChI=1S/C23H35NO4.C20H31NO2.C19H29NO2.C15H23N3O2.C15H19NO4.C13H19N/c1-5-27-21(25)19-14-13-18(15-17-11-9-7-6-8-10-12-17)20(16-19)24-22(26)28-23(2,3)4;1-4-23-20(22)18-13-12-17(19(15-18)21(2)3)14-16-10-8-6-5-7-9-11-16;1-3-22-19(21)17-12-11-16(18(14-17)20-2)13-15-9-7-5-4-6-8-10-15;1-2-20-15(19)10-3-8-14(13(17)9-10)18-12-6-4-11(16)5-7-12;1-2-20-15(17)12-8-9-13(14(10-12)16(18)19)11-6-4-3-5-7-11;14-13-9-5-4-8-12(13)10-11-6-2-1-3-7-11/h13-14,16-17H,5-12,15H2,1-4H3,(H,24,26);12-13,15-16H,4-11,14H2,1-3H3;11-12,14-15,20H,3-10,13H2,1-2H3;3,8-9,11-12,18H,2,4-7,16-17H2,1H3;8-11H,2-7H2,1H3;4-5,8-9,11H,1-3,6-7,10,14H2. The Morgan fingerprint density at radius 1 is 0.409 bits per heavy atom. The normalized spacial score (nSPS) is 17.4. The van der Waals surface area contributed by atoms with Crippen LogP contribution in [0.2, 0.25) is 0 Å². The molecule has 1 amide bonds. The minimum atomic E-state index is -0.581. The summed E-state index contributed by atoms with van der Waals surface area (Å²) in [7, 11) is 6.02. The molecule has 127 heavy (non-hydrogen) atoms. The first-order valence-corrected chi connectivity index (χ1v) is 48.4. The summed E-state index contributed by atoms with van der Waals surface area (Å²) in [4.78, 5) is 84.5. The minimum Gasteiger partial charge on any atom is -0.462 e. The van der Waals surface area contributed by atoms with E-state index in [1.54, 1.807) is 57.2 Å². The van der Waals surface area contributed by atoms with Crippen molar-refractivity contribution in [1.82, 2.24) is 0 Å². The molecule has 6 aromatic carbocycles. The Morgan fingerprint density at radius 3 is 1.17 bits per heavy atom. The maximum Gasteiger partial charge on any atom is 0.412 e. The number of hydrogen-bond acceptors (Lipinski definition) is 20. The van der Waals surface area contributed by atoms with Crippen LogP contribution < -0.4 is 38.1 Å². The lowest BCUT2D eigenvalue weighted by Gasteiger charge is -2.28. The molecule has 0 radical (unpaired) electrons. The number of benzene rings is 6. The number of carbonyl (C=O) groups is 6. The number of nitrogens with one attached hydrogen (secondary N) is 3. The van der Waals surface area contributed by atoms with Gasteiger partial charge in [-0.05, 0) is 238 Å². The van der Waals surface area contributed by atoms with E-state index in [1.807, 2.05) is 104 Å². The highest BCUT2D eigenvalue weighted by Gasteiger charge is 2.29. The Balaban J connectivity index is 0.000000211. The SMILES string of the molecule is CCOC(=O)c1ccc(C2CCCCC2)c([N+](=O)[O-])c1.CCOC(=O)c1ccc(CC2CCCCCCC2)c(N(C)C)c1.CCOC(=O)c1ccc(CC2CCCCCCC2)c(NC(=O)OC(C)(C)C)c1.CCOC(=O)c1ccc(CC2CCCCCCC2)c(NC)c1.CCOC(=O)c1ccc(NC2CCC(N)CC2)c(N)c1.Nc1ccccc1CC1CCCCC1. The van der Waals surface area contributed by atoms with Crippen LogP contribution in [0.4, 0.5) is 44.6 Å². The van der Waals surface area contributed by atoms with E-state index >= 15 is 0 Å². The number of esters is 5. The Bertz CT molecular complexity index is 4290. The third kappa shape index (κ3) is 37.9. The number of ether oxygens (including phenoxy) is 6. The van der Waals surface area contributed by atoms with Gasteiger partial charge in [0.2, 0.25) is 0 Å². The average Bonchev–Trinajstić information content (AvgIpc) is 0.836. The molecule has 9 N–H and O–H groups in total. The van der Waals surface area contributed by atoms with E-state index in [2.05, 4.69) is 45.1 Å². The molecule has 0 bridgehead atoms. The summed E-state index contributed by atoms with van der Waals surface area (Å²) < 4.78 is 30.6. The molecule has 6 saturated carbocycles. The van der Waals surface area contributed by atoms with Gasteiger partial charge in [0.1, 0.15) is 5.60 Å². The van der Waals surface area contributed by atoms with Crippen molar-refractivity contribution in [1.29, 1.82) is 0 Å². The Labute approximate surface area is 760 Å². The molecule has 0 saturated heterocycles. The highest BCUT2D eigenvalue weighted by molar-refractivity contribution is 5.95. The maximum absolute atomic E-state index is 12.3. The third-order valence-corrected chi connectivity index (χ3v) is 25.2. The molecular weight excluding hydrogens is 1600 g/mol. The van der Waals surface area contributed by atoms with Crippen molar-refractivity contribution >= 4 is 75.8 Å². The summed E-state index contributed by atoms with van der Waals surface area (Å²) in [5.74, 6) is 1.59. The van der Waals surface area contributed by atoms with E-state index in [1.165, 1.54) is 203 Å². The number of nitro groups is 1. The van der Waals surface area contributed by atoms with Gasteiger partial charge >= 0.3 is 35.9 Å². The molecule has 12 rings (SSSR count). The number of para-hydroxylation sites is 1. The molecular formula is C105H156N8O14. The van der Waals surface area contributed by atoms with Crippen LogP contribution in [0.3, 0.4) is 0 Å². The van der Waals surface area contributed by atoms with Gasteiger partial charge in [0.25, 0.3) is 5.69 Å². The molecule has 6 aliphatic carbocycles. The summed E-state index contributed by atoms with van der Waals surface area (Å²) in [6.45, 7) is 16.2. The fourth-order valence-electron chi connectivity index (χ4n) is 18.4. The highest BCUT2D eigenvalue weighted by atomic mass is 16.6. The van der Waals surface area contributed by atoms with Crippen LogP contribution in [0.5, 0.6) is 0 Å². The van der Waals surface area contributed by atoms with Crippen LogP contribution in [0.15, 0.2) is 115 Å². The first-order valence-electron chi connectivity index (χ1n) is 48.4. The van der Waals surface area contributed by atoms with Gasteiger partial charge in [-0.1, -0.05) is 229 Å². The lowest BCUT2D eigenvalue weighted by atomic mass is 9.83. The van der Waals surface area contributed by atoms with Gasteiger partial charge in [-0.3, -0.25) is 15.4 Å². The summed E-state index contributed by atoms with van der Waals surface area (Å²) in [6.07, 6.45) is 48.5. The van der Waals surface area contributed by atoms with Gasteiger partial charge in [-0.25, -0.2) is 28.8 Å². The lowest BCUT2D eigenvalue weighted by molar-refractivity contribution is -0.385. The molecule has 6 aromatic rings. The van der Waals surface area contributed by atoms with Gasteiger partial charge in [-0.15, -0.1) is 0 Å². The van der Waals surface area contributed by atoms with Crippen molar-refractivity contribution in [2.24, 2.45) is 29.4 Å². The molecule has 0 aliphatic heterocycles. The average molecular weight is 1750 g/mol. The minimum absolute atomic E-state index is 0.0439. The van der Waals surface area contributed by atoms with Gasteiger partial charge in [0.05, 0.1) is 77.1 Å². The topological polar surface area (TPSA) is 318 Å². The molecule has 0 heterocycles.